The highest BCUT2D eigenvalue weighted by Crippen LogP contribution is 2.22. The minimum Gasteiger partial charge on any atom is -0.463 e. The van der Waals surface area contributed by atoms with Crippen LogP contribution in [0.4, 0.5) is 0 Å². The Balaban J connectivity index is 2.18. The van der Waals surface area contributed by atoms with Crippen LogP contribution in [0.3, 0.4) is 0 Å². The van der Waals surface area contributed by atoms with Gasteiger partial charge in [0, 0.05) is 25.5 Å². The number of aromatic nitrogens is 1. The summed E-state index contributed by atoms with van der Waals surface area (Å²) in [5.41, 5.74) is 1.31. The van der Waals surface area contributed by atoms with Crippen LogP contribution in [-0.4, -0.2) is 28.9 Å². The third-order valence-corrected chi connectivity index (χ3v) is 2.82. The Labute approximate surface area is 120 Å². The second-order valence-corrected chi connectivity index (χ2v) is 4.48. The molecule has 0 amide bonds. The average Bonchev–Trinajstić information content (AvgIpc) is 2.96. The first kappa shape index (κ1) is 14.8. The number of fused-ring (bicyclic) bond motifs is 1. The Kier molecular flexibility index (Phi) is 4.42. The van der Waals surface area contributed by atoms with E-state index in [2.05, 4.69) is 0 Å². The van der Waals surface area contributed by atoms with Crippen LogP contribution in [0.15, 0.2) is 22.8 Å². The summed E-state index contributed by atoms with van der Waals surface area (Å²) in [4.78, 5) is 33.8. The highest BCUT2D eigenvalue weighted by Gasteiger charge is 2.19. The molecular formula is C14H15NO6. The molecule has 0 bridgehead atoms. The maximum atomic E-state index is 12.0. The monoisotopic (exact) mass is 293 g/mol. The van der Waals surface area contributed by atoms with Gasteiger partial charge < -0.3 is 13.9 Å². The minimum absolute atomic E-state index is 0.00821. The maximum Gasteiger partial charge on any atom is 0.355 e. The SMILES string of the molecule is CC(=O)CCOC(=O)c1cc2occc2n1COC(C)=O. The number of nitrogens with zero attached hydrogens (tertiary/aromatic N) is 1. The summed E-state index contributed by atoms with van der Waals surface area (Å²) in [6, 6.07) is 3.17. The number of esters is 2. The fraction of sp³-hybridized carbons (Fsp3) is 0.357. The quantitative estimate of drug-likeness (QED) is 0.756. The van der Waals surface area contributed by atoms with Crippen molar-refractivity contribution in [2.24, 2.45) is 0 Å². The van der Waals surface area contributed by atoms with E-state index in [9.17, 15) is 14.4 Å². The lowest BCUT2D eigenvalue weighted by atomic mass is 10.3. The summed E-state index contributed by atoms with van der Waals surface area (Å²) in [6.07, 6.45) is 1.63. The van der Waals surface area contributed by atoms with Crippen LogP contribution in [0.1, 0.15) is 30.8 Å². The first-order valence-corrected chi connectivity index (χ1v) is 6.35. The van der Waals surface area contributed by atoms with Gasteiger partial charge in [0.25, 0.3) is 0 Å². The van der Waals surface area contributed by atoms with E-state index >= 15 is 0 Å². The molecule has 0 aliphatic rings. The van der Waals surface area contributed by atoms with E-state index in [1.165, 1.54) is 30.7 Å². The third kappa shape index (κ3) is 3.50. The van der Waals surface area contributed by atoms with Gasteiger partial charge in [-0.15, -0.1) is 0 Å². The molecule has 0 aliphatic carbocycles. The van der Waals surface area contributed by atoms with Crippen molar-refractivity contribution in [3.8, 4) is 0 Å². The Morgan fingerprint density at radius 2 is 2.00 bits per heavy atom. The van der Waals surface area contributed by atoms with Crippen LogP contribution < -0.4 is 0 Å². The molecule has 0 aliphatic heterocycles. The van der Waals surface area contributed by atoms with E-state index in [4.69, 9.17) is 13.9 Å². The number of Topliss-reactive ketones (excluding diaryl/α,β-unsaturated/α-hetero) is 1. The molecule has 0 fully saturated rings. The van der Waals surface area contributed by atoms with Gasteiger partial charge in [0.1, 0.15) is 11.5 Å². The average molecular weight is 293 g/mol. The largest absolute Gasteiger partial charge is 0.463 e. The van der Waals surface area contributed by atoms with Crippen molar-refractivity contribution in [3.05, 3.63) is 24.1 Å². The molecule has 0 radical (unpaired) electrons. The van der Waals surface area contributed by atoms with E-state index in [0.717, 1.165) is 0 Å². The molecule has 0 atom stereocenters. The van der Waals surface area contributed by atoms with Crippen LogP contribution in [-0.2, 0) is 25.8 Å². The van der Waals surface area contributed by atoms with Crippen molar-refractivity contribution in [1.29, 1.82) is 0 Å². The molecule has 2 aromatic rings. The van der Waals surface area contributed by atoms with Gasteiger partial charge in [-0.3, -0.25) is 14.2 Å². The van der Waals surface area contributed by atoms with Gasteiger partial charge in [-0.05, 0) is 6.92 Å². The Hall–Kier alpha value is -2.57. The smallest absolute Gasteiger partial charge is 0.355 e. The van der Waals surface area contributed by atoms with Crippen LogP contribution in [0, 0.1) is 0 Å². The van der Waals surface area contributed by atoms with Crippen molar-refractivity contribution in [1.82, 2.24) is 4.57 Å². The van der Waals surface area contributed by atoms with E-state index in [1.54, 1.807) is 6.07 Å². The second kappa shape index (κ2) is 6.25. The normalized spacial score (nSPS) is 10.6. The zero-order valence-electron chi connectivity index (χ0n) is 11.8. The lowest BCUT2D eigenvalue weighted by Gasteiger charge is -2.09. The number of carbonyl (C=O) groups excluding carboxylic acids is 3. The summed E-state index contributed by atoms with van der Waals surface area (Å²) in [5.74, 6) is -1.13. The summed E-state index contributed by atoms with van der Waals surface area (Å²) in [5, 5.41) is 0. The number of ether oxygens (including phenoxy) is 2. The summed E-state index contributed by atoms with van der Waals surface area (Å²) in [7, 11) is 0. The van der Waals surface area contributed by atoms with Crippen molar-refractivity contribution in [2.45, 2.75) is 27.0 Å². The number of rotatable bonds is 6. The number of carbonyl (C=O) groups is 3. The van der Waals surface area contributed by atoms with Gasteiger partial charge in [0.05, 0.1) is 18.4 Å². The predicted molar refractivity (Wildman–Crippen MR) is 71.6 cm³/mol. The van der Waals surface area contributed by atoms with Gasteiger partial charge in [0.15, 0.2) is 12.3 Å². The van der Waals surface area contributed by atoms with Gasteiger partial charge in [0.2, 0.25) is 0 Å². The predicted octanol–water partition coefficient (Wildman–Crippen LogP) is 1.89. The summed E-state index contributed by atoms with van der Waals surface area (Å²) < 4.78 is 16.6. The van der Waals surface area contributed by atoms with Crippen LogP contribution >= 0.6 is 0 Å². The van der Waals surface area contributed by atoms with Crippen molar-refractivity contribution in [2.75, 3.05) is 6.61 Å². The van der Waals surface area contributed by atoms with Crippen LogP contribution in [0.5, 0.6) is 0 Å². The molecule has 2 heterocycles. The molecule has 7 heteroatoms. The zero-order valence-corrected chi connectivity index (χ0v) is 11.8. The highest BCUT2D eigenvalue weighted by molar-refractivity contribution is 5.94. The van der Waals surface area contributed by atoms with Gasteiger partial charge >= 0.3 is 11.9 Å². The first-order chi connectivity index (χ1) is 9.99. The van der Waals surface area contributed by atoms with E-state index in [1.807, 2.05) is 0 Å². The molecule has 0 N–H and O–H groups in total. The molecule has 0 unspecified atom stereocenters. The number of hydrogen-bond acceptors (Lipinski definition) is 6. The molecule has 2 rings (SSSR count). The lowest BCUT2D eigenvalue weighted by Crippen LogP contribution is -2.16. The van der Waals surface area contributed by atoms with Crippen molar-refractivity contribution in [3.63, 3.8) is 0 Å². The second-order valence-electron chi connectivity index (χ2n) is 4.48. The minimum atomic E-state index is -0.602. The molecule has 0 spiro atoms. The fourth-order valence-electron chi connectivity index (χ4n) is 1.80. The summed E-state index contributed by atoms with van der Waals surface area (Å²) >= 11 is 0. The molecule has 2 aromatic heterocycles. The zero-order chi connectivity index (χ0) is 15.4. The molecule has 0 saturated heterocycles. The highest BCUT2D eigenvalue weighted by atomic mass is 16.5. The molecule has 0 aromatic carbocycles. The van der Waals surface area contributed by atoms with Crippen LogP contribution in [0.25, 0.3) is 11.1 Å². The number of furan rings is 1. The number of hydrogen-bond donors (Lipinski definition) is 0. The molecule has 0 saturated carbocycles. The molecule has 21 heavy (non-hydrogen) atoms. The van der Waals surface area contributed by atoms with Crippen LogP contribution in [0.2, 0.25) is 0 Å². The number of ketones is 1. The Bertz CT molecular complexity index is 681. The summed E-state index contributed by atoms with van der Waals surface area (Å²) in [6.45, 7) is 2.59. The Morgan fingerprint density at radius 3 is 2.67 bits per heavy atom. The molecule has 7 nitrogen and oxygen atoms in total. The lowest BCUT2D eigenvalue weighted by molar-refractivity contribution is -0.144. The van der Waals surface area contributed by atoms with Gasteiger partial charge in [-0.25, -0.2) is 4.79 Å². The van der Waals surface area contributed by atoms with Crippen molar-refractivity contribution < 1.29 is 28.3 Å². The van der Waals surface area contributed by atoms with Gasteiger partial charge in [-0.1, -0.05) is 0 Å². The fourth-order valence-corrected chi connectivity index (χ4v) is 1.80. The Morgan fingerprint density at radius 1 is 1.24 bits per heavy atom. The third-order valence-electron chi connectivity index (χ3n) is 2.82. The molecular weight excluding hydrogens is 278 g/mol. The topological polar surface area (TPSA) is 87.7 Å². The first-order valence-electron chi connectivity index (χ1n) is 6.35. The van der Waals surface area contributed by atoms with Gasteiger partial charge in [-0.2, -0.15) is 0 Å². The standard InChI is InChI=1S/C14H15NO6/c1-9(16)3-5-20-14(18)12-7-13-11(4-6-19-13)15(12)8-21-10(2)17/h4,6-7H,3,5,8H2,1-2H3. The van der Waals surface area contributed by atoms with E-state index < -0.39 is 11.9 Å². The van der Waals surface area contributed by atoms with E-state index in [-0.39, 0.29) is 31.2 Å². The molecule has 112 valence electrons. The van der Waals surface area contributed by atoms with E-state index in [0.29, 0.717) is 11.1 Å². The van der Waals surface area contributed by atoms with Crippen molar-refractivity contribution >= 4 is 28.8 Å². The maximum absolute atomic E-state index is 12.0.